The summed E-state index contributed by atoms with van der Waals surface area (Å²) >= 11 is 1.81. The fourth-order valence-corrected chi connectivity index (χ4v) is 2.91. The fraction of sp³-hybridized carbons (Fsp3) is 0.312. The molecule has 2 rings (SSSR count). The van der Waals surface area contributed by atoms with Gasteiger partial charge in [-0.05, 0) is 48.5 Å². The number of hydrogen-bond donors (Lipinski definition) is 1. The van der Waals surface area contributed by atoms with Crippen LogP contribution in [0.25, 0.3) is 0 Å². The van der Waals surface area contributed by atoms with Crippen LogP contribution in [0.4, 0.5) is 0 Å². The first-order valence-corrected chi connectivity index (χ1v) is 7.82. The molecular weight excluding hydrogens is 252 g/mol. The second-order valence-electron chi connectivity index (χ2n) is 4.41. The Bertz CT molecular complexity index is 499. The number of nitrogens with zero attached hydrogens (tertiary/aromatic N) is 1. The predicted octanol–water partition coefficient (Wildman–Crippen LogP) is 3.70. The van der Waals surface area contributed by atoms with Crippen molar-refractivity contribution in [2.45, 2.75) is 24.3 Å². The zero-order valence-corrected chi connectivity index (χ0v) is 12.3. The molecule has 1 aromatic heterocycles. The second kappa shape index (κ2) is 7.31. The van der Waals surface area contributed by atoms with E-state index < -0.39 is 0 Å². The normalized spacial score (nSPS) is 12.3. The lowest BCUT2D eigenvalue weighted by atomic mass is 9.99. The number of benzene rings is 1. The van der Waals surface area contributed by atoms with E-state index in [0.29, 0.717) is 6.04 Å². The minimum absolute atomic E-state index is 0.357. The molecule has 1 aromatic carbocycles. The third-order valence-electron chi connectivity index (χ3n) is 3.15. The van der Waals surface area contributed by atoms with Crippen molar-refractivity contribution in [3.8, 4) is 0 Å². The van der Waals surface area contributed by atoms with E-state index in [9.17, 15) is 0 Å². The van der Waals surface area contributed by atoms with E-state index in [0.717, 1.165) is 13.0 Å². The molecule has 0 spiro atoms. The van der Waals surface area contributed by atoms with Gasteiger partial charge in [-0.2, -0.15) is 0 Å². The van der Waals surface area contributed by atoms with Crippen LogP contribution >= 0.6 is 11.8 Å². The van der Waals surface area contributed by atoms with Crippen LogP contribution in [-0.2, 0) is 6.42 Å². The highest BCUT2D eigenvalue weighted by atomic mass is 32.2. The SMILES string of the molecule is CCNC(Cc1ccncc1)c1ccccc1SC. The van der Waals surface area contributed by atoms with Crippen molar-refractivity contribution >= 4 is 11.8 Å². The highest BCUT2D eigenvalue weighted by molar-refractivity contribution is 7.98. The van der Waals surface area contributed by atoms with Crippen molar-refractivity contribution < 1.29 is 0 Å². The largest absolute Gasteiger partial charge is 0.310 e. The van der Waals surface area contributed by atoms with Gasteiger partial charge in [0.1, 0.15) is 0 Å². The molecule has 2 nitrogen and oxygen atoms in total. The molecular formula is C16H20N2S. The molecule has 0 fully saturated rings. The Balaban J connectivity index is 2.24. The van der Waals surface area contributed by atoms with Crippen LogP contribution in [0, 0.1) is 0 Å². The van der Waals surface area contributed by atoms with Gasteiger partial charge in [0.25, 0.3) is 0 Å². The molecule has 1 unspecified atom stereocenters. The average molecular weight is 272 g/mol. The van der Waals surface area contributed by atoms with E-state index in [1.165, 1.54) is 16.0 Å². The highest BCUT2D eigenvalue weighted by Crippen LogP contribution is 2.27. The van der Waals surface area contributed by atoms with E-state index in [-0.39, 0.29) is 0 Å². The summed E-state index contributed by atoms with van der Waals surface area (Å²) in [4.78, 5) is 5.43. The van der Waals surface area contributed by atoms with Crippen molar-refractivity contribution in [3.63, 3.8) is 0 Å². The van der Waals surface area contributed by atoms with Crippen molar-refractivity contribution in [2.75, 3.05) is 12.8 Å². The molecule has 0 saturated carbocycles. The molecule has 19 heavy (non-hydrogen) atoms. The number of nitrogens with one attached hydrogen (secondary N) is 1. The Morgan fingerprint density at radius 3 is 2.58 bits per heavy atom. The smallest absolute Gasteiger partial charge is 0.0371 e. The molecule has 0 aliphatic rings. The Hall–Kier alpha value is -1.32. The summed E-state index contributed by atoms with van der Waals surface area (Å²) in [6.45, 7) is 3.12. The molecule has 0 aliphatic heterocycles. The maximum Gasteiger partial charge on any atom is 0.0371 e. The van der Waals surface area contributed by atoms with Crippen molar-refractivity contribution in [2.24, 2.45) is 0 Å². The molecule has 0 amide bonds. The van der Waals surface area contributed by atoms with Gasteiger partial charge in [-0.25, -0.2) is 0 Å². The summed E-state index contributed by atoms with van der Waals surface area (Å²) in [6, 6.07) is 13.2. The topological polar surface area (TPSA) is 24.9 Å². The van der Waals surface area contributed by atoms with Crippen molar-refractivity contribution in [3.05, 3.63) is 59.9 Å². The fourth-order valence-electron chi connectivity index (χ4n) is 2.25. The van der Waals surface area contributed by atoms with E-state index in [1.54, 1.807) is 0 Å². The van der Waals surface area contributed by atoms with Crippen LogP contribution in [0.2, 0.25) is 0 Å². The number of aromatic nitrogens is 1. The maximum atomic E-state index is 4.08. The van der Waals surface area contributed by atoms with Gasteiger partial charge in [-0.1, -0.05) is 25.1 Å². The molecule has 0 aliphatic carbocycles. The Kier molecular flexibility index (Phi) is 5.43. The van der Waals surface area contributed by atoms with Crippen LogP contribution in [0.3, 0.4) is 0 Å². The van der Waals surface area contributed by atoms with Gasteiger partial charge in [-0.3, -0.25) is 4.98 Å². The summed E-state index contributed by atoms with van der Waals surface area (Å²) in [6.07, 6.45) is 6.85. The van der Waals surface area contributed by atoms with E-state index in [1.807, 2.05) is 24.2 Å². The number of likely N-dealkylation sites (N-methyl/N-ethyl adjacent to an activating group) is 1. The first-order chi connectivity index (χ1) is 9.35. The lowest BCUT2D eigenvalue weighted by Gasteiger charge is -2.21. The van der Waals surface area contributed by atoms with E-state index >= 15 is 0 Å². The van der Waals surface area contributed by atoms with Gasteiger partial charge in [0.05, 0.1) is 0 Å². The van der Waals surface area contributed by atoms with E-state index in [2.05, 4.69) is 59.9 Å². The minimum Gasteiger partial charge on any atom is -0.310 e. The standard InChI is InChI=1S/C16H20N2S/c1-3-18-15(12-13-8-10-17-11-9-13)14-6-4-5-7-16(14)19-2/h4-11,15,18H,3,12H2,1-2H3. The van der Waals surface area contributed by atoms with Crippen molar-refractivity contribution in [1.29, 1.82) is 0 Å². The molecule has 2 aromatic rings. The van der Waals surface area contributed by atoms with Crippen LogP contribution in [0.15, 0.2) is 53.7 Å². The van der Waals surface area contributed by atoms with Crippen LogP contribution in [-0.4, -0.2) is 17.8 Å². The molecule has 0 bridgehead atoms. The molecule has 0 radical (unpaired) electrons. The van der Waals surface area contributed by atoms with Gasteiger partial charge in [-0.15, -0.1) is 11.8 Å². The van der Waals surface area contributed by atoms with E-state index in [4.69, 9.17) is 0 Å². The number of pyridine rings is 1. The summed E-state index contributed by atoms with van der Waals surface area (Å²) in [5.74, 6) is 0. The zero-order chi connectivity index (χ0) is 13.5. The first-order valence-electron chi connectivity index (χ1n) is 6.60. The van der Waals surface area contributed by atoms with Gasteiger partial charge in [0, 0.05) is 23.3 Å². The molecule has 1 atom stereocenters. The quantitative estimate of drug-likeness (QED) is 0.812. The molecule has 1 N–H and O–H groups in total. The summed E-state index contributed by atoms with van der Waals surface area (Å²) in [5, 5.41) is 3.59. The van der Waals surface area contributed by atoms with Gasteiger partial charge < -0.3 is 5.32 Å². The molecule has 0 saturated heterocycles. The number of rotatable bonds is 6. The summed E-state index contributed by atoms with van der Waals surface area (Å²) in [7, 11) is 0. The monoisotopic (exact) mass is 272 g/mol. The van der Waals surface area contributed by atoms with Crippen LogP contribution in [0.5, 0.6) is 0 Å². The lowest BCUT2D eigenvalue weighted by molar-refractivity contribution is 0.542. The number of hydrogen-bond acceptors (Lipinski definition) is 3. The molecule has 3 heteroatoms. The third-order valence-corrected chi connectivity index (χ3v) is 3.97. The lowest BCUT2D eigenvalue weighted by Crippen LogP contribution is -2.23. The first kappa shape index (κ1) is 14.1. The predicted molar refractivity (Wildman–Crippen MR) is 82.6 cm³/mol. The van der Waals surface area contributed by atoms with Crippen molar-refractivity contribution in [1.82, 2.24) is 10.3 Å². The average Bonchev–Trinajstić information content (AvgIpc) is 2.48. The minimum atomic E-state index is 0.357. The second-order valence-corrected chi connectivity index (χ2v) is 5.26. The summed E-state index contributed by atoms with van der Waals surface area (Å²) < 4.78 is 0. The van der Waals surface area contributed by atoms with Crippen LogP contribution in [0.1, 0.15) is 24.1 Å². The third kappa shape index (κ3) is 3.82. The zero-order valence-electron chi connectivity index (χ0n) is 11.5. The van der Waals surface area contributed by atoms with Gasteiger partial charge in [0.15, 0.2) is 0 Å². The maximum absolute atomic E-state index is 4.08. The Morgan fingerprint density at radius 1 is 1.16 bits per heavy atom. The summed E-state index contributed by atoms with van der Waals surface area (Å²) in [5.41, 5.74) is 2.70. The van der Waals surface area contributed by atoms with Gasteiger partial charge >= 0.3 is 0 Å². The molecule has 1 heterocycles. The Labute approximate surface area is 119 Å². The van der Waals surface area contributed by atoms with Gasteiger partial charge in [0.2, 0.25) is 0 Å². The Morgan fingerprint density at radius 2 is 1.89 bits per heavy atom. The molecule has 100 valence electrons. The number of thioether (sulfide) groups is 1. The van der Waals surface area contributed by atoms with Crippen LogP contribution < -0.4 is 5.32 Å². The highest BCUT2D eigenvalue weighted by Gasteiger charge is 2.14.